The van der Waals surface area contributed by atoms with Gasteiger partial charge in [0.05, 0.1) is 23.4 Å². The summed E-state index contributed by atoms with van der Waals surface area (Å²) < 4.78 is 1.97. The van der Waals surface area contributed by atoms with Crippen LogP contribution in [0.25, 0.3) is 11.3 Å². The first kappa shape index (κ1) is 15.1. The Morgan fingerprint density at radius 2 is 1.96 bits per heavy atom. The third kappa shape index (κ3) is 2.87. The number of carbonyl (C=O) groups excluding carboxylic acids is 1. The van der Waals surface area contributed by atoms with Crippen LogP contribution in [0, 0.1) is 24.2 Å². The van der Waals surface area contributed by atoms with Crippen LogP contribution < -0.4 is 0 Å². The number of Topliss-reactive ketones (excluding diaryl/α,β-unsaturated/α-hetero) is 1. The molecule has 2 aliphatic carbocycles. The summed E-state index contributed by atoms with van der Waals surface area (Å²) in [6.45, 7) is 2.00. The van der Waals surface area contributed by atoms with Gasteiger partial charge in [0.2, 0.25) is 0 Å². The van der Waals surface area contributed by atoms with E-state index in [1.165, 1.54) is 12.8 Å². The zero-order chi connectivity index (χ0) is 16.7. The van der Waals surface area contributed by atoms with E-state index in [9.17, 15) is 4.79 Å². The number of nitrogens with zero attached hydrogens (tertiary/aromatic N) is 3. The molecule has 4 heteroatoms. The molecule has 1 aromatic carbocycles. The Bertz CT molecular complexity index is 818. The average Bonchev–Trinajstić information content (AvgIpc) is 3.51. The van der Waals surface area contributed by atoms with Gasteiger partial charge in [0.1, 0.15) is 5.69 Å². The highest BCUT2D eigenvalue weighted by Gasteiger charge is 2.32. The summed E-state index contributed by atoms with van der Waals surface area (Å²) in [5, 5.41) is 13.7. The molecule has 2 fully saturated rings. The van der Waals surface area contributed by atoms with Gasteiger partial charge in [-0.1, -0.05) is 25.0 Å². The van der Waals surface area contributed by atoms with Crippen molar-refractivity contribution in [1.82, 2.24) is 9.78 Å². The molecule has 0 saturated heterocycles. The van der Waals surface area contributed by atoms with Gasteiger partial charge in [-0.05, 0) is 44.2 Å². The Labute approximate surface area is 142 Å². The second kappa shape index (κ2) is 5.90. The number of rotatable bonds is 6. The molecule has 4 nitrogen and oxygen atoms in total. The third-order valence-electron chi connectivity index (χ3n) is 5.07. The summed E-state index contributed by atoms with van der Waals surface area (Å²) >= 11 is 0. The zero-order valence-electron chi connectivity index (χ0n) is 14.0. The minimum atomic E-state index is 0.235. The smallest absolute Gasteiger partial charge is 0.181 e. The standard InChI is InChI=1S/C20H21N3O/c1-13-19(16-7-4-15(12-21)5-8-16)22-23(17-9-10-17)20(13)18(24)11-6-14-2-3-14/h4-5,7-8,14,17H,2-3,6,9-11H2,1H3. The second-order valence-electron chi connectivity index (χ2n) is 7.09. The van der Waals surface area contributed by atoms with Crippen molar-refractivity contribution in [3.8, 4) is 17.3 Å². The molecule has 2 saturated carbocycles. The van der Waals surface area contributed by atoms with E-state index in [1.807, 2.05) is 23.7 Å². The van der Waals surface area contributed by atoms with E-state index in [-0.39, 0.29) is 5.78 Å². The second-order valence-corrected chi connectivity index (χ2v) is 7.09. The minimum Gasteiger partial charge on any atom is -0.292 e. The first-order valence-corrected chi connectivity index (χ1v) is 8.80. The SMILES string of the molecule is Cc1c(-c2ccc(C#N)cc2)nn(C2CC2)c1C(=O)CCC1CC1. The largest absolute Gasteiger partial charge is 0.292 e. The van der Waals surface area contributed by atoms with Gasteiger partial charge < -0.3 is 0 Å². The maximum atomic E-state index is 12.8. The van der Waals surface area contributed by atoms with E-state index < -0.39 is 0 Å². The van der Waals surface area contributed by atoms with Crippen molar-refractivity contribution < 1.29 is 4.79 Å². The molecule has 0 amide bonds. The predicted octanol–water partition coefficient (Wildman–Crippen LogP) is 4.44. The number of ketones is 1. The highest BCUT2D eigenvalue weighted by atomic mass is 16.1. The molecule has 2 aromatic rings. The van der Waals surface area contributed by atoms with Crippen LogP contribution in [-0.2, 0) is 0 Å². The summed E-state index contributed by atoms with van der Waals surface area (Å²) in [5.74, 6) is 1.00. The summed E-state index contributed by atoms with van der Waals surface area (Å²) in [6.07, 6.45) is 6.43. The number of aromatic nitrogens is 2. The monoisotopic (exact) mass is 319 g/mol. The van der Waals surface area contributed by atoms with E-state index in [0.29, 0.717) is 18.0 Å². The number of hydrogen-bond acceptors (Lipinski definition) is 3. The average molecular weight is 319 g/mol. The summed E-state index contributed by atoms with van der Waals surface area (Å²) in [5.41, 5.74) is 4.27. The Morgan fingerprint density at radius 1 is 1.25 bits per heavy atom. The molecular formula is C20H21N3O. The molecule has 1 aromatic heterocycles. The van der Waals surface area contributed by atoms with Gasteiger partial charge in [0, 0.05) is 17.5 Å². The van der Waals surface area contributed by atoms with Crippen LogP contribution in [0.15, 0.2) is 24.3 Å². The number of nitriles is 1. The Hall–Kier alpha value is -2.41. The highest BCUT2D eigenvalue weighted by Crippen LogP contribution is 2.39. The Kier molecular flexibility index (Phi) is 3.72. The lowest BCUT2D eigenvalue weighted by atomic mass is 10.0. The van der Waals surface area contributed by atoms with Gasteiger partial charge in [-0.15, -0.1) is 0 Å². The fourth-order valence-corrected chi connectivity index (χ4v) is 3.27. The summed E-state index contributed by atoms with van der Waals surface area (Å²) in [7, 11) is 0. The van der Waals surface area contributed by atoms with Crippen LogP contribution >= 0.6 is 0 Å². The zero-order valence-corrected chi connectivity index (χ0v) is 14.0. The summed E-state index contributed by atoms with van der Waals surface area (Å²) in [4.78, 5) is 12.8. The van der Waals surface area contributed by atoms with Gasteiger partial charge in [-0.3, -0.25) is 9.48 Å². The molecule has 122 valence electrons. The molecule has 24 heavy (non-hydrogen) atoms. The molecule has 0 spiro atoms. The van der Waals surface area contributed by atoms with Crippen LogP contribution in [0.5, 0.6) is 0 Å². The van der Waals surface area contributed by atoms with Gasteiger partial charge in [-0.2, -0.15) is 10.4 Å². The maximum absolute atomic E-state index is 12.8. The molecule has 2 aliphatic rings. The first-order chi connectivity index (χ1) is 11.7. The molecule has 0 radical (unpaired) electrons. The minimum absolute atomic E-state index is 0.235. The normalized spacial score (nSPS) is 16.8. The van der Waals surface area contributed by atoms with Crippen molar-refractivity contribution in [3.63, 3.8) is 0 Å². The fourth-order valence-electron chi connectivity index (χ4n) is 3.27. The number of benzene rings is 1. The van der Waals surface area contributed by atoms with Crippen LogP contribution in [0.3, 0.4) is 0 Å². The molecule has 0 aliphatic heterocycles. The number of hydrogen-bond donors (Lipinski definition) is 0. The van der Waals surface area contributed by atoms with Crippen LogP contribution in [-0.4, -0.2) is 15.6 Å². The van der Waals surface area contributed by atoms with E-state index in [0.717, 1.165) is 47.7 Å². The Balaban J connectivity index is 1.68. The third-order valence-corrected chi connectivity index (χ3v) is 5.07. The van der Waals surface area contributed by atoms with Crippen LogP contribution in [0.2, 0.25) is 0 Å². The molecule has 0 N–H and O–H groups in total. The first-order valence-electron chi connectivity index (χ1n) is 8.80. The van der Waals surface area contributed by atoms with E-state index in [2.05, 4.69) is 6.07 Å². The molecule has 0 unspecified atom stereocenters. The molecule has 4 rings (SSSR count). The van der Waals surface area contributed by atoms with Crippen molar-refractivity contribution in [1.29, 1.82) is 5.26 Å². The lowest BCUT2D eigenvalue weighted by Crippen LogP contribution is -2.10. The van der Waals surface area contributed by atoms with Crippen LogP contribution in [0.4, 0.5) is 0 Å². The quantitative estimate of drug-likeness (QED) is 0.740. The van der Waals surface area contributed by atoms with E-state index >= 15 is 0 Å². The van der Waals surface area contributed by atoms with Gasteiger partial charge in [0.25, 0.3) is 0 Å². The molecule has 0 bridgehead atoms. The van der Waals surface area contributed by atoms with Crippen molar-refractivity contribution in [3.05, 3.63) is 41.1 Å². The highest BCUT2D eigenvalue weighted by molar-refractivity contribution is 5.97. The topological polar surface area (TPSA) is 58.7 Å². The summed E-state index contributed by atoms with van der Waals surface area (Å²) in [6, 6.07) is 9.97. The van der Waals surface area contributed by atoms with Gasteiger partial charge >= 0.3 is 0 Å². The predicted molar refractivity (Wildman–Crippen MR) is 91.7 cm³/mol. The maximum Gasteiger partial charge on any atom is 0.181 e. The van der Waals surface area contributed by atoms with Gasteiger partial charge in [-0.25, -0.2) is 0 Å². The molecule has 1 heterocycles. The van der Waals surface area contributed by atoms with Crippen molar-refractivity contribution in [2.24, 2.45) is 5.92 Å². The Morgan fingerprint density at radius 3 is 2.54 bits per heavy atom. The van der Waals surface area contributed by atoms with Crippen molar-refractivity contribution in [2.75, 3.05) is 0 Å². The van der Waals surface area contributed by atoms with Gasteiger partial charge in [0.15, 0.2) is 5.78 Å². The van der Waals surface area contributed by atoms with Crippen LogP contribution in [0.1, 0.15) is 66.2 Å². The molecule has 0 atom stereocenters. The fraction of sp³-hybridized carbons (Fsp3) is 0.450. The lowest BCUT2D eigenvalue weighted by molar-refractivity contribution is 0.0966. The van der Waals surface area contributed by atoms with E-state index in [4.69, 9.17) is 10.4 Å². The molecular weight excluding hydrogens is 298 g/mol. The van der Waals surface area contributed by atoms with E-state index in [1.54, 1.807) is 12.1 Å². The lowest BCUT2D eigenvalue weighted by Gasteiger charge is -2.06. The number of carbonyl (C=O) groups is 1. The van der Waals surface area contributed by atoms with Crippen molar-refractivity contribution in [2.45, 2.75) is 51.5 Å². The van der Waals surface area contributed by atoms with Crippen molar-refractivity contribution >= 4 is 5.78 Å².